The molecule has 0 radical (unpaired) electrons. The van der Waals surface area contributed by atoms with Gasteiger partial charge in [0.2, 0.25) is 0 Å². The molecule has 92 valence electrons. The van der Waals surface area contributed by atoms with E-state index >= 15 is 0 Å². The van der Waals surface area contributed by atoms with Gasteiger partial charge in [-0.3, -0.25) is 0 Å². The van der Waals surface area contributed by atoms with Crippen LogP contribution in [0.1, 0.15) is 44.9 Å². The van der Waals surface area contributed by atoms with Crippen LogP contribution in [0.25, 0.3) is 0 Å². The molecular formula is C15H22N2. The molecule has 0 atom stereocenters. The Morgan fingerprint density at radius 1 is 1.06 bits per heavy atom. The van der Waals surface area contributed by atoms with Gasteiger partial charge in [0, 0.05) is 18.9 Å². The standard InChI is InChI=1S/C15H22N2/c1(3-17-4-2-16-11-17)15-8-12-5-13(9-15)7-14(6-12)10-15/h2,4,11-14H,1,3,5-10H2. The first-order valence-corrected chi connectivity index (χ1v) is 7.27. The maximum absolute atomic E-state index is 4.15. The number of aromatic nitrogens is 2. The summed E-state index contributed by atoms with van der Waals surface area (Å²) < 4.78 is 2.26. The van der Waals surface area contributed by atoms with Crippen LogP contribution in [0.5, 0.6) is 0 Å². The minimum atomic E-state index is 0.721. The largest absolute Gasteiger partial charge is 0.337 e. The molecule has 1 aromatic heterocycles. The zero-order valence-electron chi connectivity index (χ0n) is 10.5. The lowest BCUT2D eigenvalue weighted by molar-refractivity contribution is -0.0591. The Labute approximate surface area is 103 Å². The van der Waals surface area contributed by atoms with Crippen LogP contribution in [-0.4, -0.2) is 9.55 Å². The topological polar surface area (TPSA) is 17.8 Å². The average molecular weight is 230 g/mol. The van der Waals surface area contributed by atoms with Crippen molar-refractivity contribution >= 4 is 0 Å². The van der Waals surface area contributed by atoms with E-state index in [0.717, 1.165) is 23.2 Å². The lowest BCUT2D eigenvalue weighted by Gasteiger charge is -2.57. The predicted molar refractivity (Wildman–Crippen MR) is 67.4 cm³/mol. The molecule has 17 heavy (non-hydrogen) atoms. The SMILES string of the molecule is c1cn(CCC23CC4CC(CC(C4)C2)C3)cn1. The summed E-state index contributed by atoms with van der Waals surface area (Å²) in [5.74, 6) is 3.26. The molecule has 1 heterocycles. The van der Waals surface area contributed by atoms with Crippen molar-refractivity contribution in [3.05, 3.63) is 18.7 Å². The summed E-state index contributed by atoms with van der Waals surface area (Å²) in [6, 6.07) is 0. The minimum Gasteiger partial charge on any atom is -0.337 e. The zero-order chi connectivity index (χ0) is 11.3. The van der Waals surface area contributed by atoms with Crippen LogP contribution in [0, 0.1) is 23.2 Å². The highest BCUT2D eigenvalue weighted by Gasteiger charge is 2.50. The fourth-order valence-corrected chi connectivity index (χ4v) is 5.38. The van der Waals surface area contributed by atoms with Gasteiger partial charge in [0.25, 0.3) is 0 Å². The lowest BCUT2D eigenvalue weighted by atomic mass is 9.49. The van der Waals surface area contributed by atoms with E-state index < -0.39 is 0 Å². The molecule has 0 amide bonds. The highest BCUT2D eigenvalue weighted by Crippen LogP contribution is 2.61. The first kappa shape index (κ1) is 10.2. The molecule has 0 saturated heterocycles. The molecule has 4 fully saturated rings. The average Bonchev–Trinajstić information content (AvgIpc) is 2.77. The first-order valence-electron chi connectivity index (χ1n) is 7.27. The van der Waals surface area contributed by atoms with Crippen molar-refractivity contribution in [3.63, 3.8) is 0 Å². The van der Waals surface area contributed by atoms with Crippen LogP contribution < -0.4 is 0 Å². The molecule has 5 rings (SSSR count). The van der Waals surface area contributed by atoms with Gasteiger partial charge in [-0.15, -0.1) is 0 Å². The normalized spacial score (nSPS) is 43.2. The Morgan fingerprint density at radius 3 is 2.24 bits per heavy atom. The van der Waals surface area contributed by atoms with Gasteiger partial charge >= 0.3 is 0 Å². The van der Waals surface area contributed by atoms with Gasteiger partial charge in [-0.1, -0.05) is 0 Å². The van der Waals surface area contributed by atoms with Crippen LogP contribution >= 0.6 is 0 Å². The Balaban J connectivity index is 1.49. The summed E-state index contributed by atoms with van der Waals surface area (Å²) in [4.78, 5) is 4.15. The van der Waals surface area contributed by atoms with Crippen LogP contribution in [0.15, 0.2) is 18.7 Å². The third kappa shape index (κ3) is 1.73. The van der Waals surface area contributed by atoms with E-state index in [0.29, 0.717) is 0 Å². The van der Waals surface area contributed by atoms with Gasteiger partial charge in [-0.2, -0.15) is 0 Å². The molecule has 4 bridgehead atoms. The number of nitrogens with zero attached hydrogens (tertiary/aromatic N) is 2. The molecule has 2 nitrogen and oxygen atoms in total. The van der Waals surface area contributed by atoms with Gasteiger partial charge < -0.3 is 4.57 Å². The Hall–Kier alpha value is -0.790. The van der Waals surface area contributed by atoms with Gasteiger partial charge in [0.15, 0.2) is 0 Å². The van der Waals surface area contributed by atoms with Crippen molar-refractivity contribution in [1.82, 2.24) is 9.55 Å². The summed E-state index contributed by atoms with van der Waals surface area (Å²) in [6.07, 6.45) is 16.7. The molecule has 4 aliphatic rings. The molecule has 0 unspecified atom stereocenters. The van der Waals surface area contributed by atoms with Crippen molar-refractivity contribution in [1.29, 1.82) is 0 Å². The number of imidazole rings is 1. The van der Waals surface area contributed by atoms with E-state index in [1.807, 2.05) is 12.5 Å². The van der Waals surface area contributed by atoms with Crippen molar-refractivity contribution in [2.45, 2.75) is 51.5 Å². The van der Waals surface area contributed by atoms with Gasteiger partial charge in [0.1, 0.15) is 0 Å². The maximum Gasteiger partial charge on any atom is 0.0945 e. The molecule has 1 aromatic rings. The van der Waals surface area contributed by atoms with E-state index in [9.17, 15) is 0 Å². The monoisotopic (exact) mass is 230 g/mol. The van der Waals surface area contributed by atoms with E-state index in [1.54, 1.807) is 19.3 Å². The number of aryl methyl sites for hydroxylation is 1. The van der Waals surface area contributed by atoms with Crippen molar-refractivity contribution in [2.24, 2.45) is 23.2 Å². The number of hydrogen-bond acceptors (Lipinski definition) is 1. The highest BCUT2D eigenvalue weighted by molar-refractivity contribution is 5.01. The van der Waals surface area contributed by atoms with E-state index in [4.69, 9.17) is 0 Å². The van der Waals surface area contributed by atoms with Gasteiger partial charge in [0.05, 0.1) is 6.33 Å². The summed E-state index contributed by atoms with van der Waals surface area (Å²) in [7, 11) is 0. The Bertz CT molecular complexity index is 358. The van der Waals surface area contributed by atoms with Crippen LogP contribution in [0.4, 0.5) is 0 Å². The summed E-state index contributed by atoms with van der Waals surface area (Å²) >= 11 is 0. The fourth-order valence-electron chi connectivity index (χ4n) is 5.38. The van der Waals surface area contributed by atoms with Crippen LogP contribution in [-0.2, 0) is 6.54 Å². The smallest absolute Gasteiger partial charge is 0.0945 e. The minimum absolute atomic E-state index is 0.721. The molecule has 0 aromatic carbocycles. The van der Waals surface area contributed by atoms with Gasteiger partial charge in [-0.25, -0.2) is 4.98 Å². The molecule has 2 heteroatoms. The molecule has 0 N–H and O–H groups in total. The molecule has 0 spiro atoms. The van der Waals surface area contributed by atoms with E-state index in [2.05, 4.69) is 15.7 Å². The summed E-state index contributed by atoms with van der Waals surface area (Å²) in [6.45, 7) is 1.19. The predicted octanol–water partition coefficient (Wildman–Crippen LogP) is 3.49. The molecule has 4 aliphatic carbocycles. The molecular weight excluding hydrogens is 208 g/mol. The Morgan fingerprint density at radius 2 is 1.71 bits per heavy atom. The van der Waals surface area contributed by atoms with Gasteiger partial charge in [-0.05, 0) is 68.1 Å². The fraction of sp³-hybridized carbons (Fsp3) is 0.800. The van der Waals surface area contributed by atoms with Crippen molar-refractivity contribution in [2.75, 3.05) is 0 Å². The summed E-state index contributed by atoms with van der Waals surface area (Å²) in [5, 5.41) is 0. The number of rotatable bonds is 3. The lowest BCUT2D eigenvalue weighted by Crippen LogP contribution is -2.46. The molecule has 4 saturated carbocycles. The highest BCUT2D eigenvalue weighted by atomic mass is 15.0. The number of hydrogen-bond donors (Lipinski definition) is 0. The quantitative estimate of drug-likeness (QED) is 0.777. The van der Waals surface area contributed by atoms with Crippen molar-refractivity contribution < 1.29 is 0 Å². The van der Waals surface area contributed by atoms with Crippen LogP contribution in [0.2, 0.25) is 0 Å². The third-order valence-corrected chi connectivity index (χ3v) is 5.62. The van der Waals surface area contributed by atoms with Crippen LogP contribution in [0.3, 0.4) is 0 Å². The second kappa shape index (κ2) is 3.60. The molecule has 0 aliphatic heterocycles. The third-order valence-electron chi connectivity index (χ3n) is 5.62. The van der Waals surface area contributed by atoms with Crippen molar-refractivity contribution in [3.8, 4) is 0 Å². The Kier molecular flexibility index (Phi) is 2.15. The summed E-state index contributed by atoms with van der Waals surface area (Å²) in [5.41, 5.74) is 0.721. The zero-order valence-corrected chi connectivity index (χ0v) is 10.5. The van der Waals surface area contributed by atoms with E-state index in [1.165, 1.54) is 32.2 Å². The van der Waals surface area contributed by atoms with E-state index in [-0.39, 0.29) is 0 Å². The maximum atomic E-state index is 4.15. The first-order chi connectivity index (χ1) is 8.31. The second-order valence-electron chi connectivity index (χ2n) is 6.97. The second-order valence-corrected chi connectivity index (χ2v) is 6.97.